The molecule has 0 aliphatic carbocycles. The Morgan fingerprint density at radius 3 is 2.58 bits per heavy atom. The number of hydrazone groups is 1. The van der Waals surface area contributed by atoms with Crippen molar-refractivity contribution in [2.45, 2.75) is 33.1 Å². The van der Waals surface area contributed by atoms with Crippen molar-refractivity contribution in [2.75, 3.05) is 0 Å². The molecule has 0 spiro atoms. The molecule has 68 valence electrons. The van der Waals surface area contributed by atoms with E-state index in [2.05, 4.69) is 37.5 Å². The molecule has 0 unspecified atom stereocenters. The molecule has 0 rings (SSSR count). The Bertz CT molecular complexity index is 180. The van der Waals surface area contributed by atoms with E-state index in [-0.39, 0.29) is 0 Å². The van der Waals surface area contributed by atoms with E-state index in [4.69, 9.17) is 0 Å². The molecule has 0 aromatic carbocycles. The predicted octanol–water partition coefficient (Wildman–Crippen LogP) is 2.84. The van der Waals surface area contributed by atoms with Crippen molar-refractivity contribution in [3.05, 3.63) is 24.9 Å². The summed E-state index contributed by atoms with van der Waals surface area (Å²) in [5.41, 5.74) is 4.77. The van der Waals surface area contributed by atoms with Crippen LogP contribution in [0.4, 0.5) is 0 Å². The van der Waals surface area contributed by atoms with Gasteiger partial charge in [0.15, 0.2) is 0 Å². The third-order valence-corrected chi connectivity index (χ3v) is 1.55. The third kappa shape index (κ3) is 4.72. The van der Waals surface area contributed by atoms with E-state index >= 15 is 0 Å². The number of allylic oxidation sites excluding steroid dienone is 1. The molecule has 0 heterocycles. The van der Waals surface area contributed by atoms with Gasteiger partial charge >= 0.3 is 0 Å². The second-order valence-electron chi connectivity index (χ2n) is 2.62. The summed E-state index contributed by atoms with van der Waals surface area (Å²) in [5.74, 6) is 0. The monoisotopic (exact) mass is 166 g/mol. The third-order valence-electron chi connectivity index (χ3n) is 1.55. The van der Waals surface area contributed by atoms with Crippen molar-refractivity contribution in [1.29, 1.82) is 0 Å². The van der Waals surface area contributed by atoms with Gasteiger partial charge in [0.05, 0.1) is 0 Å². The Hall–Kier alpha value is -1.05. The summed E-state index contributed by atoms with van der Waals surface area (Å²) in [6.45, 7) is 11.5. The van der Waals surface area contributed by atoms with E-state index < -0.39 is 0 Å². The maximum absolute atomic E-state index is 4.20. The number of rotatable bonds is 6. The van der Waals surface area contributed by atoms with E-state index in [1.165, 1.54) is 5.71 Å². The molecular weight excluding hydrogens is 148 g/mol. The fourth-order valence-corrected chi connectivity index (χ4v) is 0.797. The molecule has 0 aromatic rings. The van der Waals surface area contributed by atoms with Crippen LogP contribution in [0.15, 0.2) is 30.0 Å². The molecule has 0 aliphatic heterocycles. The highest BCUT2D eigenvalue weighted by Gasteiger charge is 1.93. The van der Waals surface area contributed by atoms with E-state index in [9.17, 15) is 0 Å². The smallest absolute Gasteiger partial charge is 0.0484 e. The van der Waals surface area contributed by atoms with Gasteiger partial charge in [-0.15, -0.1) is 0 Å². The molecule has 0 bridgehead atoms. The first-order valence-corrected chi connectivity index (χ1v) is 4.37. The van der Waals surface area contributed by atoms with Crippen molar-refractivity contribution in [3.63, 3.8) is 0 Å². The summed E-state index contributed by atoms with van der Waals surface area (Å²) in [6, 6.07) is 0. The fourth-order valence-electron chi connectivity index (χ4n) is 0.797. The molecular formula is C10H18N2. The Labute approximate surface area is 75.1 Å². The van der Waals surface area contributed by atoms with Crippen LogP contribution < -0.4 is 5.43 Å². The topological polar surface area (TPSA) is 24.4 Å². The van der Waals surface area contributed by atoms with Crippen molar-refractivity contribution < 1.29 is 0 Å². The van der Waals surface area contributed by atoms with Crippen LogP contribution in [-0.4, -0.2) is 5.71 Å². The van der Waals surface area contributed by atoms with Crippen LogP contribution in [0.1, 0.15) is 33.1 Å². The average molecular weight is 166 g/mol. The quantitative estimate of drug-likeness (QED) is 0.366. The lowest BCUT2D eigenvalue weighted by Crippen LogP contribution is -2.07. The van der Waals surface area contributed by atoms with Gasteiger partial charge in [0.1, 0.15) is 0 Å². The molecule has 1 N–H and O–H groups in total. The fraction of sp³-hybridized carbons (Fsp3) is 0.500. The van der Waals surface area contributed by atoms with Gasteiger partial charge < -0.3 is 0 Å². The minimum Gasteiger partial charge on any atom is -0.279 e. The van der Waals surface area contributed by atoms with Crippen molar-refractivity contribution >= 4 is 5.71 Å². The average Bonchev–Trinajstić information content (AvgIpc) is 2.11. The molecule has 0 saturated carbocycles. The lowest BCUT2D eigenvalue weighted by Gasteiger charge is -2.02. The number of nitrogens with zero attached hydrogens (tertiary/aromatic N) is 1. The molecule has 0 fully saturated rings. The van der Waals surface area contributed by atoms with Crippen LogP contribution in [-0.2, 0) is 0 Å². The minimum atomic E-state index is 0.747. The predicted molar refractivity (Wildman–Crippen MR) is 55.1 cm³/mol. The number of hydrogen-bond acceptors (Lipinski definition) is 2. The molecule has 0 aliphatic rings. The molecule has 2 heteroatoms. The largest absolute Gasteiger partial charge is 0.279 e. The standard InChI is InChI=1S/C10H18N2/c1-5-8-10(7-3)12-11-9(4)6-2/h6,11H,2,4-5,7-8H2,1,3H3/b12-10-. The molecule has 12 heavy (non-hydrogen) atoms. The lowest BCUT2D eigenvalue weighted by molar-refractivity contribution is 0.876. The van der Waals surface area contributed by atoms with Crippen LogP contribution >= 0.6 is 0 Å². The Morgan fingerprint density at radius 1 is 1.50 bits per heavy atom. The summed E-state index contributed by atoms with van der Waals surface area (Å²) in [4.78, 5) is 0. The Kier molecular flexibility index (Phi) is 6.07. The van der Waals surface area contributed by atoms with Crippen molar-refractivity contribution in [2.24, 2.45) is 5.10 Å². The van der Waals surface area contributed by atoms with Gasteiger partial charge in [-0.2, -0.15) is 5.10 Å². The zero-order chi connectivity index (χ0) is 9.40. The number of nitrogens with one attached hydrogen (secondary N) is 1. The molecule has 0 aromatic heterocycles. The summed E-state index contributed by atoms with van der Waals surface area (Å²) < 4.78 is 0. The highest BCUT2D eigenvalue weighted by Crippen LogP contribution is 1.96. The molecule has 0 amide bonds. The van der Waals surface area contributed by atoms with Crippen molar-refractivity contribution in [1.82, 2.24) is 5.43 Å². The number of hydrogen-bond donors (Lipinski definition) is 1. The SMILES string of the molecule is C=CC(=C)N/N=C(/CC)CCC. The highest BCUT2D eigenvalue weighted by atomic mass is 15.3. The maximum atomic E-state index is 4.20. The maximum Gasteiger partial charge on any atom is 0.0484 e. The molecule has 0 saturated heterocycles. The van der Waals surface area contributed by atoms with E-state index in [1.54, 1.807) is 6.08 Å². The molecule has 2 nitrogen and oxygen atoms in total. The van der Waals surface area contributed by atoms with Gasteiger partial charge in [-0.25, -0.2) is 0 Å². The van der Waals surface area contributed by atoms with Crippen LogP contribution in [0.2, 0.25) is 0 Å². The first-order chi connectivity index (χ1) is 5.74. The molecule has 0 radical (unpaired) electrons. The van der Waals surface area contributed by atoms with Gasteiger partial charge in [0.2, 0.25) is 0 Å². The van der Waals surface area contributed by atoms with Crippen LogP contribution in [0.5, 0.6) is 0 Å². The summed E-state index contributed by atoms with van der Waals surface area (Å²) in [5, 5.41) is 4.20. The summed E-state index contributed by atoms with van der Waals surface area (Å²) in [7, 11) is 0. The van der Waals surface area contributed by atoms with Gasteiger partial charge in [-0.05, 0) is 18.9 Å². The van der Waals surface area contributed by atoms with E-state index in [1.807, 2.05) is 0 Å². The normalized spacial score (nSPS) is 11.0. The van der Waals surface area contributed by atoms with Gasteiger partial charge in [0, 0.05) is 11.4 Å². The second-order valence-corrected chi connectivity index (χ2v) is 2.62. The van der Waals surface area contributed by atoms with Crippen LogP contribution in [0, 0.1) is 0 Å². The zero-order valence-corrected chi connectivity index (χ0v) is 8.06. The Balaban J connectivity index is 3.92. The van der Waals surface area contributed by atoms with Crippen molar-refractivity contribution in [3.8, 4) is 0 Å². The summed E-state index contributed by atoms with van der Waals surface area (Å²) in [6.07, 6.45) is 4.83. The lowest BCUT2D eigenvalue weighted by atomic mass is 10.2. The zero-order valence-electron chi connectivity index (χ0n) is 8.06. The second kappa shape index (κ2) is 6.65. The highest BCUT2D eigenvalue weighted by molar-refractivity contribution is 5.83. The van der Waals surface area contributed by atoms with Gasteiger partial charge in [-0.1, -0.05) is 33.4 Å². The first kappa shape index (κ1) is 11.0. The van der Waals surface area contributed by atoms with Gasteiger partial charge in [-0.3, -0.25) is 5.43 Å². The van der Waals surface area contributed by atoms with Crippen LogP contribution in [0.25, 0.3) is 0 Å². The molecule has 0 atom stereocenters. The van der Waals surface area contributed by atoms with Crippen LogP contribution in [0.3, 0.4) is 0 Å². The first-order valence-electron chi connectivity index (χ1n) is 4.37. The van der Waals surface area contributed by atoms with E-state index in [0.717, 1.165) is 25.0 Å². The van der Waals surface area contributed by atoms with Gasteiger partial charge in [0.25, 0.3) is 0 Å². The van der Waals surface area contributed by atoms with E-state index in [0.29, 0.717) is 0 Å². The Morgan fingerprint density at radius 2 is 2.17 bits per heavy atom. The minimum absolute atomic E-state index is 0.747. The summed E-state index contributed by atoms with van der Waals surface area (Å²) >= 11 is 0.